The van der Waals surface area contributed by atoms with Crippen LogP contribution < -0.4 is 5.32 Å². The summed E-state index contributed by atoms with van der Waals surface area (Å²) in [5, 5.41) is 3.29. The van der Waals surface area contributed by atoms with E-state index in [1.54, 1.807) is 4.90 Å². The molecule has 5 nitrogen and oxygen atoms in total. The number of hydrogen-bond acceptors (Lipinski definition) is 4. The molecule has 0 aliphatic carbocycles. The maximum Gasteiger partial charge on any atom is 0.409 e. The number of ether oxygens (including phenoxy) is 2. The quantitative estimate of drug-likeness (QED) is 0.719. The summed E-state index contributed by atoms with van der Waals surface area (Å²) in [7, 11) is 0. The number of hydrogen-bond donors (Lipinski definition) is 1. The molecule has 0 aromatic rings. The maximum absolute atomic E-state index is 11.7. The van der Waals surface area contributed by atoms with Crippen LogP contribution in [0.2, 0.25) is 0 Å². The van der Waals surface area contributed by atoms with Crippen molar-refractivity contribution < 1.29 is 14.3 Å². The normalized spacial score (nSPS) is 28.9. The van der Waals surface area contributed by atoms with E-state index in [4.69, 9.17) is 9.47 Å². The molecule has 2 aliphatic heterocycles. The Morgan fingerprint density at radius 3 is 2.75 bits per heavy atom. The molecule has 0 aromatic heterocycles. The number of nitrogens with zero attached hydrogens (tertiary/aromatic N) is 1. The van der Waals surface area contributed by atoms with E-state index in [2.05, 4.69) is 12.2 Å². The maximum atomic E-state index is 11.7. The minimum atomic E-state index is -0.186. The molecular formula is C11H20N2O3. The first kappa shape index (κ1) is 11.7. The van der Waals surface area contributed by atoms with Crippen LogP contribution in [0.25, 0.3) is 0 Å². The highest BCUT2D eigenvalue weighted by atomic mass is 16.6. The molecule has 2 fully saturated rings. The van der Waals surface area contributed by atoms with Gasteiger partial charge in [-0.2, -0.15) is 0 Å². The molecule has 2 bridgehead atoms. The summed E-state index contributed by atoms with van der Waals surface area (Å²) in [5.41, 5.74) is 0. The van der Waals surface area contributed by atoms with Crippen molar-refractivity contribution in [1.29, 1.82) is 0 Å². The van der Waals surface area contributed by atoms with Crippen LogP contribution in [0.15, 0.2) is 0 Å². The second-order valence-corrected chi connectivity index (χ2v) is 4.41. The van der Waals surface area contributed by atoms with Crippen LogP contribution in [0.1, 0.15) is 19.8 Å². The predicted octanol–water partition coefficient (Wildman–Crippen LogP) is 0.596. The van der Waals surface area contributed by atoms with E-state index in [0.29, 0.717) is 19.7 Å². The van der Waals surface area contributed by atoms with Gasteiger partial charge in [-0.25, -0.2) is 4.79 Å². The highest BCUT2D eigenvalue weighted by molar-refractivity contribution is 5.67. The van der Waals surface area contributed by atoms with Gasteiger partial charge in [-0.15, -0.1) is 0 Å². The lowest BCUT2D eigenvalue weighted by molar-refractivity contribution is -0.0973. The van der Waals surface area contributed by atoms with Crippen molar-refractivity contribution in [2.75, 3.05) is 32.8 Å². The zero-order valence-electron chi connectivity index (χ0n) is 9.78. The van der Waals surface area contributed by atoms with Gasteiger partial charge in [-0.1, -0.05) is 13.3 Å². The van der Waals surface area contributed by atoms with Crippen LogP contribution in [-0.2, 0) is 9.47 Å². The molecule has 0 aromatic carbocycles. The SMILES string of the molecule is CCCCOC(=O)N1CC2CNCC(C1)O2. The van der Waals surface area contributed by atoms with Crippen LogP contribution in [0, 0.1) is 0 Å². The molecule has 0 radical (unpaired) electrons. The molecule has 2 heterocycles. The van der Waals surface area contributed by atoms with Crippen molar-refractivity contribution in [3.8, 4) is 0 Å². The molecule has 1 amide bonds. The number of unbranched alkanes of at least 4 members (excludes halogenated alkanes) is 1. The minimum absolute atomic E-state index is 0.131. The molecule has 1 N–H and O–H groups in total. The number of carbonyl (C=O) groups excluding carboxylic acids is 1. The van der Waals surface area contributed by atoms with Gasteiger partial charge in [-0.3, -0.25) is 0 Å². The van der Waals surface area contributed by atoms with Crippen molar-refractivity contribution >= 4 is 6.09 Å². The third-order valence-corrected chi connectivity index (χ3v) is 2.96. The van der Waals surface area contributed by atoms with Crippen molar-refractivity contribution in [1.82, 2.24) is 10.2 Å². The number of morpholine rings is 2. The van der Waals surface area contributed by atoms with Crippen molar-refractivity contribution in [3.05, 3.63) is 0 Å². The number of amides is 1. The fraction of sp³-hybridized carbons (Fsp3) is 0.909. The lowest BCUT2D eigenvalue weighted by atomic mass is 10.1. The topological polar surface area (TPSA) is 50.8 Å². The molecule has 2 saturated heterocycles. The summed E-state index contributed by atoms with van der Waals surface area (Å²) in [4.78, 5) is 13.5. The summed E-state index contributed by atoms with van der Waals surface area (Å²) < 4.78 is 10.9. The highest BCUT2D eigenvalue weighted by Gasteiger charge is 2.33. The third kappa shape index (κ3) is 2.86. The summed E-state index contributed by atoms with van der Waals surface area (Å²) in [6.07, 6.45) is 2.06. The Balaban J connectivity index is 1.78. The zero-order valence-corrected chi connectivity index (χ0v) is 9.78. The molecule has 92 valence electrons. The van der Waals surface area contributed by atoms with Gasteiger partial charge in [0, 0.05) is 13.1 Å². The number of carbonyl (C=O) groups is 1. The van der Waals surface area contributed by atoms with Gasteiger partial charge in [0.1, 0.15) is 0 Å². The zero-order chi connectivity index (χ0) is 11.4. The van der Waals surface area contributed by atoms with Gasteiger partial charge in [0.05, 0.1) is 31.9 Å². The lowest BCUT2D eigenvalue weighted by Crippen LogP contribution is -2.59. The first-order valence-electron chi connectivity index (χ1n) is 6.07. The van der Waals surface area contributed by atoms with E-state index in [1.165, 1.54) is 0 Å². The van der Waals surface area contributed by atoms with E-state index >= 15 is 0 Å². The van der Waals surface area contributed by atoms with E-state index in [9.17, 15) is 4.79 Å². The van der Waals surface area contributed by atoms with Gasteiger partial charge in [0.15, 0.2) is 0 Å². The molecule has 2 aliphatic rings. The van der Waals surface area contributed by atoms with Crippen LogP contribution in [0.4, 0.5) is 4.79 Å². The molecule has 2 rings (SSSR count). The fourth-order valence-electron chi connectivity index (χ4n) is 2.10. The minimum Gasteiger partial charge on any atom is -0.449 e. The Hall–Kier alpha value is -0.810. The van der Waals surface area contributed by atoms with E-state index in [1.807, 2.05) is 0 Å². The monoisotopic (exact) mass is 228 g/mol. The average molecular weight is 228 g/mol. The molecule has 16 heavy (non-hydrogen) atoms. The summed E-state index contributed by atoms with van der Waals surface area (Å²) in [5.74, 6) is 0. The van der Waals surface area contributed by atoms with Crippen molar-refractivity contribution in [2.24, 2.45) is 0 Å². The predicted molar refractivity (Wildman–Crippen MR) is 59.4 cm³/mol. The smallest absolute Gasteiger partial charge is 0.409 e. The summed E-state index contributed by atoms with van der Waals surface area (Å²) in [6.45, 7) is 5.56. The first-order valence-corrected chi connectivity index (χ1v) is 6.07. The number of fused-ring (bicyclic) bond motifs is 2. The Kier molecular flexibility index (Phi) is 4.01. The van der Waals surface area contributed by atoms with Gasteiger partial charge in [-0.05, 0) is 6.42 Å². The highest BCUT2D eigenvalue weighted by Crippen LogP contribution is 2.15. The van der Waals surface area contributed by atoms with Gasteiger partial charge < -0.3 is 19.7 Å². The van der Waals surface area contributed by atoms with Crippen LogP contribution >= 0.6 is 0 Å². The lowest BCUT2D eigenvalue weighted by Gasteiger charge is -2.41. The Morgan fingerprint density at radius 2 is 2.12 bits per heavy atom. The average Bonchev–Trinajstić information content (AvgIpc) is 2.28. The van der Waals surface area contributed by atoms with Crippen LogP contribution in [0.3, 0.4) is 0 Å². The number of rotatable bonds is 3. The molecule has 2 atom stereocenters. The molecular weight excluding hydrogens is 208 g/mol. The fourth-order valence-corrected chi connectivity index (χ4v) is 2.10. The second-order valence-electron chi connectivity index (χ2n) is 4.41. The van der Waals surface area contributed by atoms with Gasteiger partial charge in [0.25, 0.3) is 0 Å². The molecule has 5 heteroatoms. The molecule has 0 spiro atoms. The number of nitrogens with one attached hydrogen (secondary N) is 1. The molecule has 0 saturated carbocycles. The van der Waals surface area contributed by atoms with E-state index in [0.717, 1.165) is 25.9 Å². The molecule has 2 unspecified atom stereocenters. The van der Waals surface area contributed by atoms with Crippen molar-refractivity contribution in [3.63, 3.8) is 0 Å². The van der Waals surface area contributed by atoms with Crippen LogP contribution in [-0.4, -0.2) is 56.0 Å². The summed E-state index contributed by atoms with van der Waals surface area (Å²) >= 11 is 0. The Morgan fingerprint density at radius 1 is 1.44 bits per heavy atom. The summed E-state index contributed by atoms with van der Waals surface area (Å²) in [6, 6.07) is 0. The first-order chi connectivity index (χ1) is 7.79. The van der Waals surface area contributed by atoms with Gasteiger partial charge in [0.2, 0.25) is 0 Å². The van der Waals surface area contributed by atoms with Gasteiger partial charge >= 0.3 is 6.09 Å². The Bertz CT molecular complexity index is 235. The van der Waals surface area contributed by atoms with Crippen molar-refractivity contribution in [2.45, 2.75) is 32.0 Å². The standard InChI is InChI=1S/C11H20N2O3/c1-2-3-4-15-11(14)13-7-9-5-12-6-10(8-13)16-9/h9-10,12H,2-8H2,1H3. The third-order valence-electron chi connectivity index (χ3n) is 2.96. The van der Waals surface area contributed by atoms with Crippen LogP contribution in [0.5, 0.6) is 0 Å². The van der Waals surface area contributed by atoms with E-state index in [-0.39, 0.29) is 18.3 Å². The van der Waals surface area contributed by atoms with E-state index < -0.39 is 0 Å². The Labute approximate surface area is 96.1 Å². The second kappa shape index (κ2) is 5.50. The largest absolute Gasteiger partial charge is 0.449 e.